The molecule has 5 heteroatoms. The Morgan fingerprint density at radius 3 is 2.87 bits per heavy atom. The van der Waals surface area contributed by atoms with Crippen molar-refractivity contribution in [3.63, 3.8) is 0 Å². The minimum atomic E-state index is -0.722. The van der Waals surface area contributed by atoms with Crippen LogP contribution in [-0.4, -0.2) is 25.2 Å². The van der Waals surface area contributed by atoms with Crippen LogP contribution in [0.15, 0.2) is 18.2 Å². The number of nitrogens with one attached hydrogen (secondary N) is 1. The molecule has 1 aliphatic rings. The highest BCUT2D eigenvalue weighted by atomic mass is 35.5. The Hall–Kier alpha value is -1.26. The van der Waals surface area contributed by atoms with Crippen molar-refractivity contribution in [1.29, 1.82) is 0 Å². The second kappa shape index (κ2) is 8.02. The standard InChI is InChI=1S/C18H26ClNO3/c1-4-10-23-18(9-5-6-13(2)12-18)17(21)20-14-7-8-16(22-3)15(19)11-14/h7-8,11,13H,4-6,9-10,12H2,1-3H3,(H,20,21)/t13-,18+/m0/s1. The smallest absolute Gasteiger partial charge is 0.256 e. The highest BCUT2D eigenvalue weighted by molar-refractivity contribution is 6.32. The zero-order chi connectivity index (χ0) is 16.9. The molecule has 1 aromatic rings. The summed E-state index contributed by atoms with van der Waals surface area (Å²) >= 11 is 6.13. The van der Waals surface area contributed by atoms with E-state index >= 15 is 0 Å². The maximum Gasteiger partial charge on any atom is 0.256 e. The largest absolute Gasteiger partial charge is 0.495 e. The van der Waals surface area contributed by atoms with Crippen LogP contribution in [0.5, 0.6) is 5.75 Å². The fourth-order valence-corrected chi connectivity index (χ4v) is 3.45. The summed E-state index contributed by atoms with van der Waals surface area (Å²) < 4.78 is 11.2. The van der Waals surface area contributed by atoms with Crippen molar-refractivity contribution in [2.75, 3.05) is 19.0 Å². The van der Waals surface area contributed by atoms with Gasteiger partial charge in [-0.2, -0.15) is 0 Å². The Labute approximate surface area is 143 Å². The fourth-order valence-electron chi connectivity index (χ4n) is 3.19. The van der Waals surface area contributed by atoms with Gasteiger partial charge in [0.15, 0.2) is 0 Å². The lowest BCUT2D eigenvalue weighted by atomic mass is 9.78. The van der Waals surface area contributed by atoms with Crippen molar-refractivity contribution < 1.29 is 14.3 Å². The first kappa shape index (κ1) is 18.1. The maximum absolute atomic E-state index is 12.9. The van der Waals surface area contributed by atoms with Crippen molar-refractivity contribution in [3.8, 4) is 5.75 Å². The molecule has 2 rings (SSSR count). The van der Waals surface area contributed by atoms with Gasteiger partial charge in [0.1, 0.15) is 11.4 Å². The van der Waals surface area contributed by atoms with E-state index in [0.717, 1.165) is 32.1 Å². The second-order valence-electron chi connectivity index (χ2n) is 6.35. The average Bonchev–Trinajstić information content (AvgIpc) is 2.53. The van der Waals surface area contributed by atoms with Gasteiger partial charge in [-0.3, -0.25) is 4.79 Å². The van der Waals surface area contributed by atoms with Crippen molar-refractivity contribution in [1.82, 2.24) is 0 Å². The number of carbonyl (C=O) groups is 1. The Balaban J connectivity index is 2.15. The van der Waals surface area contributed by atoms with E-state index in [4.69, 9.17) is 21.1 Å². The summed E-state index contributed by atoms with van der Waals surface area (Å²) in [6.07, 6.45) is 4.61. The Morgan fingerprint density at radius 1 is 1.48 bits per heavy atom. The molecule has 1 aliphatic carbocycles. The van der Waals surface area contributed by atoms with Crippen LogP contribution in [-0.2, 0) is 9.53 Å². The van der Waals surface area contributed by atoms with Gasteiger partial charge in [-0.15, -0.1) is 0 Å². The van der Waals surface area contributed by atoms with E-state index < -0.39 is 5.60 Å². The monoisotopic (exact) mass is 339 g/mol. The molecule has 0 bridgehead atoms. The number of methoxy groups -OCH3 is 1. The van der Waals surface area contributed by atoms with Crippen LogP contribution in [0.3, 0.4) is 0 Å². The zero-order valence-corrected chi connectivity index (χ0v) is 14.9. The topological polar surface area (TPSA) is 47.6 Å². The van der Waals surface area contributed by atoms with Crippen LogP contribution in [0.4, 0.5) is 5.69 Å². The molecule has 0 spiro atoms. The minimum absolute atomic E-state index is 0.0706. The normalized spacial score (nSPS) is 24.3. The Kier molecular flexibility index (Phi) is 6.31. The quantitative estimate of drug-likeness (QED) is 0.819. The molecule has 1 amide bonds. The molecule has 0 radical (unpaired) electrons. The van der Waals surface area contributed by atoms with Gasteiger partial charge in [0.25, 0.3) is 5.91 Å². The van der Waals surface area contributed by atoms with Gasteiger partial charge in [0, 0.05) is 12.3 Å². The van der Waals surface area contributed by atoms with Crippen molar-refractivity contribution in [2.24, 2.45) is 5.92 Å². The maximum atomic E-state index is 12.9. The molecule has 128 valence electrons. The molecule has 0 unspecified atom stereocenters. The number of anilines is 1. The molecule has 1 aromatic carbocycles. The van der Waals surface area contributed by atoms with Gasteiger partial charge >= 0.3 is 0 Å². The molecular formula is C18H26ClNO3. The lowest BCUT2D eigenvalue weighted by Gasteiger charge is -2.38. The summed E-state index contributed by atoms with van der Waals surface area (Å²) in [4.78, 5) is 12.9. The van der Waals surface area contributed by atoms with E-state index in [2.05, 4.69) is 19.2 Å². The molecule has 1 fully saturated rings. The van der Waals surface area contributed by atoms with Crippen LogP contribution in [0.1, 0.15) is 46.0 Å². The van der Waals surface area contributed by atoms with Crippen LogP contribution in [0, 0.1) is 5.92 Å². The Bertz CT molecular complexity index is 549. The van der Waals surface area contributed by atoms with E-state index in [9.17, 15) is 4.79 Å². The lowest BCUT2D eigenvalue weighted by molar-refractivity contribution is -0.148. The molecule has 0 saturated heterocycles. The van der Waals surface area contributed by atoms with Gasteiger partial charge in [-0.25, -0.2) is 0 Å². The van der Waals surface area contributed by atoms with E-state index in [1.54, 1.807) is 25.3 Å². The molecule has 0 aliphatic heterocycles. The van der Waals surface area contributed by atoms with Gasteiger partial charge in [0.05, 0.1) is 12.1 Å². The summed E-state index contributed by atoms with van der Waals surface area (Å²) in [6, 6.07) is 5.25. The molecule has 2 atom stereocenters. The number of hydrogen-bond acceptors (Lipinski definition) is 3. The van der Waals surface area contributed by atoms with Gasteiger partial charge < -0.3 is 14.8 Å². The highest BCUT2D eigenvalue weighted by Crippen LogP contribution is 2.37. The number of halogens is 1. The Morgan fingerprint density at radius 2 is 2.26 bits per heavy atom. The first-order valence-electron chi connectivity index (χ1n) is 8.29. The molecule has 4 nitrogen and oxygen atoms in total. The molecule has 0 heterocycles. The minimum Gasteiger partial charge on any atom is -0.495 e. The van der Waals surface area contributed by atoms with Crippen LogP contribution >= 0.6 is 11.6 Å². The highest BCUT2D eigenvalue weighted by Gasteiger charge is 2.42. The first-order valence-corrected chi connectivity index (χ1v) is 8.67. The first-order chi connectivity index (χ1) is 11.0. The van der Waals surface area contributed by atoms with E-state index in [0.29, 0.717) is 29.0 Å². The summed E-state index contributed by atoms with van der Waals surface area (Å²) in [7, 11) is 1.57. The van der Waals surface area contributed by atoms with Gasteiger partial charge in [-0.1, -0.05) is 31.9 Å². The van der Waals surface area contributed by atoms with Crippen LogP contribution < -0.4 is 10.1 Å². The van der Waals surface area contributed by atoms with Crippen molar-refractivity contribution in [2.45, 2.75) is 51.6 Å². The van der Waals surface area contributed by atoms with E-state index in [1.807, 2.05) is 0 Å². The molecule has 23 heavy (non-hydrogen) atoms. The lowest BCUT2D eigenvalue weighted by Crippen LogP contribution is -2.48. The SMILES string of the molecule is CCCO[C@]1(C(=O)Nc2ccc(OC)c(Cl)c2)CCC[C@H](C)C1. The number of hydrogen-bond donors (Lipinski definition) is 1. The summed E-state index contributed by atoms with van der Waals surface area (Å²) in [5, 5.41) is 3.45. The third-order valence-corrected chi connectivity index (χ3v) is 4.66. The molecule has 1 saturated carbocycles. The molecular weight excluding hydrogens is 314 g/mol. The van der Waals surface area contributed by atoms with E-state index in [-0.39, 0.29) is 5.91 Å². The average molecular weight is 340 g/mol. The molecule has 1 N–H and O–H groups in total. The summed E-state index contributed by atoms with van der Waals surface area (Å²) in [5.41, 5.74) is -0.0569. The van der Waals surface area contributed by atoms with Crippen LogP contribution in [0.25, 0.3) is 0 Å². The molecule has 0 aromatic heterocycles. The van der Waals surface area contributed by atoms with Crippen molar-refractivity contribution in [3.05, 3.63) is 23.2 Å². The number of rotatable bonds is 6. The predicted molar refractivity (Wildman–Crippen MR) is 93.2 cm³/mol. The zero-order valence-electron chi connectivity index (χ0n) is 14.2. The third-order valence-electron chi connectivity index (χ3n) is 4.36. The third kappa shape index (κ3) is 4.39. The van der Waals surface area contributed by atoms with Crippen LogP contribution in [0.2, 0.25) is 5.02 Å². The summed E-state index contributed by atoms with van der Waals surface area (Å²) in [5.74, 6) is 1.01. The number of amides is 1. The van der Waals surface area contributed by atoms with Gasteiger partial charge in [0.2, 0.25) is 0 Å². The van der Waals surface area contributed by atoms with Gasteiger partial charge in [-0.05, 0) is 49.8 Å². The second-order valence-corrected chi connectivity index (χ2v) is 6.75. The number of carbonyl (C=O) groups excluding carboxylic acids is 1. The fraction of sp³-hybridized carbons (Fsp3) is 0.611. The number of ether oxygens (including phenoxy) is 2. The van der Waals surface area contributed by atoms with E-state index in [1.165, 1.54) is 0 Å². The predicted octanol–water partition coefficient (Wildman–Crippen LogP) is 4.66. The van der Waals surface area contributed by atoms with Crippen molar-refractivity contribution >= 4 is 23.2 Å². The summed E-state index contributed by atoms with van der Waals surface area (Å²) in [6.45, 7) is 4.84. The number of benzene rings is 1.